The van der Waals surface area contributed by atoms with E-state index in [4.69, 9.17) is 9.15 Å². The van der Waals surface area contributed by atoms with Gasteiger partial charge in [0.1, 0.15) is 12.3 Å². The summed E-state index contributed by atoms with van der Waals surface area (Å²) in [5, 5.41) is 6.86. The van der Waals surface area contributed by atoms with E-state index >= 15 is 0 Å². The number of carbonyl (C=O) groups is 1. The summed E-state index contributed by atoms with van der Waals surface area (Å²) in [6.07, 6.45) is 1.38. The number of nitrogens with zero attached hydrogens (tertiary/aromatic N) is 2. The molecule has 0 aliphatic carbocycles. The summed E-state index contributed by atoms with van der Waals surface area (Å²) >= 11 is 0. The molecule has 1 N–H and O–H groups in total. The fourth-order valence-corrected chi connectivity index (χ4v) is 2.54. The van der Waals surface area contributed by atoms with E-state index in [1.165, 1.54) is 0 Å². The summed E-state index contributed by atoms with van der Waals surface area (Å²) in [4.78, 5) is 23.8. The minimum absolute atomic E-state index is 0.162. The lowest BCUT2D eigenvalue weighted by molar-refractivity contribution is -0.121. The average molecular weight is 329 g/mol. The van der Waals surface area contributed by atoms with Crippen molar-refractivity contribution in [1.82, 2.24) is 15.1 Å². The second-order valence-electron chi connectivity index (χ2n) is 5.55. The van der Waals surface area contributed by atoms with Crippen LogP contribution in [0.1, 0.15) is 24.8 Å². The van der Waals surface area contributed by atoms with E-state index in [1.54, 1.807) is 6.92 Å². The van der Waals surface area contributed by atoms with Gasteiger partial charge in [-0.1, -0.05) is 30.3 Å². The van der Waals surface area contributed by atoms with Gasteiger partial charge in [0.05, 0.1) is 12.2 Å². The summed E-state index contributed by atoms with van der Waals surface area (Å²) in [7, 11) is 0. The van der Waals surface area contributed by atoms with Gasteiger partial charge in [0.25, 0.3) is 0 Å². The molecular formula is C17H19N3O4. The van der Waals surface area contributed by atoms with Gasteiger partial charge in [0.15, 0.2) is 0 Å². The van der Waals surface area contributed by atoms with Gasteiger partial charge >= 0.3 is 5.76 Å². The van der Waals surface area contributed by atoms with E-state index in [-0.39, 0.29) is 18.3 Å². The molecule has 0 atom stereocenters. The Bertz CT molecular complexity index is 805. The topological polar surface area (TPSA) is 86.4 Å². The largest absolute Gasteiger partial charge is 0.497 e. The van der Waals surface area contributed by atoms with Crippen molar-refractivity contribution >= 4 is 11.5 Å². The van der Waals surface area contributed by atoms with Crippen LogP contribution >= 0.6 is 0 Å². The third-order valence-corrected chi connectivity index (χ3v) is 3.83. The molecule has 24 heavy (non-hydrogen) atoms. The lowest BCUT2D eigenvalue weighted by atomic mass is 10.1. The van der Waals surface area contributed by atoms with Crippen molar-refractivity contribution in [3.05, 3.63) is 58.1 Å². The number of allylic oxidation sites excluding steroid dienone is 1. The molecule has 0 saturated heterocycles. The first-order valence-corrected chi connectivity index (χ1v) is 7.85. The van der Waals surface area contributed by atoms with Crippen LogP contribution in [-0.2, 0) is 22.5 Å². The molecule has 3 rings (SSSR count). The molecule has 1 aromatic carbocycles. The first-order valence-electron chi connectivity index (χ1n) is 7.85. The molecule has 1 aliphatic heterocycles. The molecule has 0 fully saturated rings. The zero-order chi connectivity index (χ0) is 16.9. The number of aromatic nitrogens is 2. The fourth-order valence-electron chi connectivity index (χ4n) is 2.54. The lowest BCUT2D eigenvalue weighted by Gasteiger charge is -2.04. The number of nitrogens with one attached hydrogen (secondary N) is 1. The van der Waals surface area contributed by atoms with Crippen molar-refractivity contribution < 1.29 is 13.9 Å². The highest BCUT2D eigenvalue weighted by atomic mass is 16.5. The Labute approximate surface area is 138 Å². The van der Waals surface area contributed by atoms with Gasteiger partial charge in [0, 0.05) is 13.0 Å². The van der Waals surface area contributed by atoms with Crippen LogP contribution in [0.15, 0.2) is 45.3 Å². The molecule has 1 aromatic heterocycles. The number of hydrogen-bond acceptors (Lipinski definition) is 5. The molecule has 7 nitrogen and oxygen atoms in total. The summed E-state index contributed by atoms with van der Waals surface area (Å²) in [5.74, 6) is 0.0134. The van der Waals surface area contributed by atoms with E-state index in [9.17, 15) is 9.59 Å². The molecule has 1 aliphatic rings. The van der Waals surface area contributed by atoms with Crippen molar-refractivity contribution in [3.8, 4) is 0 Å². The van der Waals surface area contributed by atoms with Crippen molar-refractivity contribution in [1.29, 1.82) is 0 Å². The van der Waals surface area contributed by atoms with Gasteiger partial charge in [-0.2, -0.15) is 4.68 Å². The predicted molar refractivity (Wildman–Crippen MR) is 87.1 cm³/mol. The molecule has 0 radical (unpaired) electrons. The maximum atomic E-state index is 12.0. The first kappa shape index (κ1) is 16.0. The van der Waals surface area contributed by atoms with Crippen LogP contribution in [0.5, 0.6) is 0 Å². The maximum Gasteiger partial charge on any atom is 0.437 e. The molecule has 2 heterocycles. The number of rotatable bonds is 6. The smallest absolute Gasteiger partial charge is 0.437 e. The van der Waals surface area contributed by atoms with Gasteiger partial charge in [-0.15, -0.1) is 5.10 Å². The number of ether oxygens (including phenoxy) is 1. The Hall–Kier alpha value is -2.83. The molecular weight excluding hydrogens is 310 g/mol. The Morgan fingerprint density at radius 2 is 2.12 bits per heavy atom. The number of benzene rings is 1. The van der Waals surface area contributed by atoms with Gasteiger partial charge < -0.3 is 14.5 Å². The minimum Gasteiger partial charge on any atom is -0.497 e. The Morgan fingerprint density at radius 3 is 2.83 bits per heavy atom. The van der Waals surface area contributed by atoms with Gasteiger partial charge in [0.2, 0.25) is 11.8 Å². The summed E-state index contributed by atoms with van der Waals surface area (Å²) in [6.45, 7) is 2.69. The zero-order valence-electron chi connectivity index (χ0n) is 13.4. The van der Waals surface area contributed by atoms with E-state index in [0.29, 0.717) is 25.3 Å². The molecule has 126 valence electrons. The SMILES string of the molecule is CC1=C(c2nn(CC(=O)NCCc3ccccc3)c(=O)o2)CCO1. The molecule has 1 amide bonds. The number of amides is 1. The van der Waals surface area contributed by atoms with Crippen molar-refractivity contribution in [2.75, 3.05) is 13.2 Å². The standard InChI is InChI=1S/C17H19N3O4/c1-12-14(8-10-23-12)16-19-20(17(22)24-16)11-15(21)18-9-7-13-5-3-2-4-6-13/h2-6H,7-11H2,1H3,(H,18,21). The van der Waals surface area contributed by atoms with Gasteiger partial charge in [-0.05, 0) is 18.9 Å². The summed E-state index contributed by atoms with van der Waals surface area (Å²) in [5.41, 5.74) is 1.91. The van der Waals surface area contributed by atoms with Crippen molar-refractivity contribution in [2.24, 2.45) is 0 Å². The maximum absolute atomic E-state index is 12.0. The zero-order valence-corrected chi connectivity index (χ0v) is 13.4. The Morgan fingerprint density at radius 1 is 1.33 bits per heavy atom. The average Bonchev–Trinajstić information content (AvgIpc) is 3.14. The van der Waals surface area contributed by atoms with Crippen LogP contribution in [0.2, 0.25) is 0 Å². The van der Waals surface area contributed by atoms with E-state index < -0.39 is 5.76 Å². The van der Waals surface area contributed by atoms with Crippen LogP contribution in [0.25, 0.3) is 5.57 Å². The highest BCUT2D eigenvalue weighted by molar-refractivity contribution is 5.75. The summed E-state index contributed by atoms with van der Waals surface area (Å²) in [6, 6.07) is 9.86. The first-order chi connectivity index (χ1) is 11.6. The number of hydrogen-bond donors (Lipinski definition) is 1. The van der Waals surface area contributed by atoms with E-state index in [0.717, 1.165) is 22.2 Å². The van der Waals surface area contributed by atoms with Crippen LogP contribution in [0.3, 0.4) is 0 Å². The molecule has 0 bridgehead atoms. The highest BCUT2D eigenvalue weighted by Gasteiger charge is 2.21. The van der Waals surface area contributed by atoms with Crippen LogP contribution in [0, 0.1) is 0 Å². The monoisotopic (exact) mass is 329 g/mol. The summed E-state index contributed by atoms with van der Waals surface area (Å²) < 4.78 is 11.5. The normalized spacial score (nSPS) is 13.9. The van der Waals surface area contributed by atoms with Crippen LogP contribution < -0.4 is 11.1 Å². The second-order valence-corrected chi connectivity index (χ2v) is 5.55. The third-order valence-electron chi connectivity index (χ3n) is 3.83. The highest BCUT2D eigenvalue weighted by Crippen LogP contribution is 2.26. The molecule has 7 heteroatoms. The van der Waals surface area contributed by atoms with Crippen LogP contribution in [-0.4, -0.2) is 28.8 Å². The van der Waals surface area contributed by atoms with Crippen molar-refractivity contribution in [3.63, 3.8) is 0 Å². The predicted octanol–water partition coefficient (Wildman–Crippen LogP) is 1.35. The molecule has 0 saturated carbocycles. The molecule has 2 aromatic rings. The Kier molecular flexibility index (Phi) is 4.79. The molecule has 0 unspecified atom stereocenters. The fraction of sp³-hybridized carbons (Fsp3) is 0.353. The van der Waals surface area contributed by atoms with E-state index in [1.807, 2.05) is 30.3 Å². The van der Waals surface area contributed by atoms with Gasteiger partial charge in [-0.25, -0.2) is 4.79 Å². The Balaban J connectivity index is 1.56. The van der Waals surface area contributed by atoms with Crippen molar-refractivity contribution in [2.45, 2.75) is 26.3 Å². The van der Waals surface area contributed by atoms with Gasteiger partial charge in [-0.3, -0.25) is 4.79 Å². The van der Waals surface area contributed by atoms with Crippen LogP contribution in [0.4, 0.5) is 0 Å². The lowest BCUT2D eigenvalue weighted by Crippen LogP contribution is -2.32. The minimum atomic E-state index is -0.643. The molecule has 0 spiro atoms. The number of carbonyl (C=O) groups excluding carboxylic acids is 1. The second kappa shape index (κ2) is 7.16. The quantitative estimate of drug-likeness (QED) is 0.864. The van der Waals surface area contributed by atoms with E-state index in [2.05, 4.69) is 10.4 Å². The third kappa shape index (κ3) is 3.73.